The number of carbonyl (C=O) groups is 4. The smallest absolute Gasteiger partial charge is 0.347 e. The summed E-state index contributed by atoms with van der Waals surface area (Å²) in [5.74, 6) is -1.07. The van der Waals surface area contributed by atoms with Gasteiger partial charge < -0.3 is 4.42 Å². The first kappa shape index (κ1) is 58.6. The van der Waals surface area contributed by atoms with Crippen LogP contribution in [0.1, 0.15) is 275 Å². The van der Waals surface area contributed by atoms with Gasteiger partial charge in [0.1, 0.15) is 0 Å². The Kier molecular flexibility index (Phi) is 17.7. The Morgan fingerprint density at radius 2 is 0.541 bits per heavy atom. The molecule has 2 aliphatic heterocycles. The van der Waals surface area contributed by atoms with E-state index >= 15 is 19.2 Å². The van der Waals surface area contributed by atoms with E-state index in [-0.39, 0.29) is 46.5 Å². The lowest BCUT2D eigenvalue weighted by Crippen LogP contribution is -2.47. The number of benzene rings is 9. The number of hydrogen-bond donors (Lipinski definition) is 0. The molecule has 1 aromatic heterocycles. The quantitative estimate of drug-likeness (QED) is 0.0170. The monoisotopic (exact) mass is 1140 g/mol. The van der Waals surface area contributed by atoms with Crippen molar-refractivity contribution >= 4 is 121 Å². The van der Waals surface area contributed by atoms with E-state index in [4.69, 9.17) is 4.42 Å². The second-order valence-corrected chi connectivity index (χ2v) is 25.9. The van der Waals surface area contributed by atoms with Crippen LogP contribution in [0.3, 0.4) is 0 Å². The van der Waals surface area contributed by atoms with E-state index in [2.05, 4.69) is 45.9 Å². The molecule has 12 rings (SSSR count). The molecule has 0 aliphatic carbocycles. The fourth-order valence-electron chi connectivity index (χ4n) is 16.0. The maximum Gasteiger partial charge on any atom is 0.347 e. The van der Waals surface area contributed by atoms with Crippen LogP contribution in [0.4, 0.5) is 0 Å². The van der Waals surface area contributed by atoms with Crippen molar-refractivity contribution in [3.8, 4) is 0 Å². The number of furan rings is 1. The second-order valence-electron chi connectivity index (χ2n) is 25.9. The van der Waals surface area contributed by atoms with Crippen molar-refractivity contribution in [2.45, 2.75) is 245 Å². The van der Waals surface area contributed by atoms with Gasteiger partial charge >= 0.3 is 11.3 Å². The molecule has 0 radical (unpaired) electrons. The third-order valence-corrected chi connectivity index (χ3v) is 20.3. The first-order valence-electron chi connectivity index (χ1n) is 33.8. The highest BCUT2D eigenvalue weighted by Gasteiger charge is 2.41. The highest BCUT2D eigenvalue weighted by molar-refractivity contribution is 6.51. The summed E-state index contributed by atoms with van der Waals surface area (Å²) in [5, 5.41) is 12.9. The average molecular weight is 1140 g/mol. The van der Waals surface area contributed by atoms with E-state index in [0.29, 0.717) is 43.8 Å². The predicted molar refractivity (Wildman–Crippen MR) is 353 cm³/mol. The largest absolute Gasteiger partial charge is 0.386 e. The molecule has 9 heteroatoms. The van der Waals surface area contributed by atoms with Crippen LogP contribution in [0.25, 0.3) is 97.0 Å². The third kappa shape index (κ3) is 10.4. The van der Waals surface area contributed by atoms with Gasteiger partial charge in [0, 0.05) is 45.1 Å². The van der Waals surface area contributed by atoms with Gasteiger partial charge in [-0.1, -0.05) is 238 Å². The minimum absolute atomic E-state index is 0.138. The minimum Gasteiger partial charge on any atom is -0.386 e. The summed E-state index contributed by atoms with van der Waals surface area (Å²) >= 11 is 0. The van der Waals surface area contributed by atoms with Crippen LogP contribution in [0.15, 0.2) is 74.7 Å². The topological polar surface area (TPSA) is 122 Å². The zero-order valence-electron chi connectivity index (χ0n) is 51.3. The minimum atomic E-state index is -0.755. The number of amides is 4. The maximum atomic E-state index is 15.5. The molecule has 9 aromatic carbocycles. The number of nitrogens with zero attached hydrogens (tertiary/aromatic N) is 2. The number of carbonyl (C=O) groups excluding carboxylic acids is 4. The zero-order valence-corrected chi connectivity index (χ0v) is 51.3. The van der Waals surface area contributed by atoms with E-state index in [1.165, 1.54) is 116 Å². The zero-order chi connectivity index (χ0) is 58.9. The molecule has 2 aliphatic rings. The Morgan fingerprint density at radius 1 is 0.271 bits per heavy atom. The Balaban J connectivity index is 0.970. The molecular formula is C76H88N2O7. The van der Waals surface area contributed by atoms with Gasteiger partial charge in [-0.15, -0.1) is 0 Å². The molecule has 0 spiro atoms. The van der Waals surface area contributed by atoms with Gasteiger partial charge in [0.05, 0.1) is 10.8 Å². The van der Waals surface area contributed by atoms with E-state index < -0.39 is 11.3 Å². The number of imide groups is 2. The fraction of sp³-hybridized carbons (Fsp3) is 0.500. The van der Waals surface area contributed by atoms with Gasteiger partial charge in [0.15, 0.2) is 0 Å². The molecule has 0 saturated carbocycles. The fourth-order valence-corrected chi connectivity index (χ4v) is 16.0. The number of fused-ring (bicyclic) bond motifs is 6. The Hall–Kier alpha value is -6.74. The molecule has 4 amide bonds. The van der Waals surface area contributed by atoms with Crippen molar-refractivity contribution in [3.05, 3.63) is 104 Å². The molecule has 0 unspecified atom stereocenters. The van der Waals surface area contributed by atoms with Gasteiger partial charge in [-0.2, -0.15) is 0 Å². The number of unbranched alkanes of at least 4 members (excludes halogenated alkanes) is 24. The summed E-state index contributed by atoms with van der Waals surface area (Å²) in [4.78, 5) is 93.1. The lowest BCUT2D eigenvalue weighted by atomic mass is 9.77. The molecule has 0 fully saturated rings. The third-order valence-electron chi connectivity index (χ3n) is 20.3. The lowest BCUT2D eigenvalue weighted by molar-refractivity contribution is 0.0501. The lowest BCUT2D eigenvalue weighted by Gasteiger charge is -2.35. The van der Waals surface area contributed by atoms with Crippen LogP contribution in [0.2, 0.25) is 0 Å². The molecule has 0 atom stereocenters. The van der Waals surface area contributed by atoms with Crippen molar-refractivity contribution in [2.24, 2.45) is 0 Å². The van der Waals surface area contributed by atoms with Gasteiger partial charge in [0.25, 0.3) is 23.6 Å². The van der Waals surface area contributed by atoms with Gasteiger partial charge in [-0.25, -0.2) is 9.59 Å². The van der Waals surface area contributed by atoms with Crippen molar-refractivity contribution in [3.63, 3.8) is 0 Å². The Morgan fingerprint density at radius 3 is 0.929 bits per heavy atom. The summed E-state index contributed by atoms with van der Waals surface area (Å²) in [6, 6.07) is 19.5. The van der Waals surface area contributed by atoms with Crippen LogP contribution in [0, 0.1) is 0 Å². The molecule has 0 saturated heterocycles. The molecular weight excluding hydrogens is 1050 g/mol. The first-order chi connectivity index (χ1) is 41.6. The van der Waals surface area contributed by atoms with E-state index in [1.54, 1.807) is 15.9 Å². The van der Waals surface area contributed by atoms with Crippen molar-refractivity contribution < 1.29 is 23.6 Å². The highest BCUT2D eigenvalue weighted by Crippen LogP contribution is 2.54. The molecule has 9 nitrogen and oxygen atoms in total. The standard InChI is InChI=1S/C76H88N2O7/c1-5-9-13-17-21-25-29-33-47(34-30-26-22-18-14-10-6-2)77-71(79)54-42-39-49-50-37-38-51-52-40-43-56-64-60(74(82)78(73(56)81)48(35-31-27-23-19-15-11-7-3)36-32-28-24-20-16-12-8-4)46-59-68(66(52)64)67-58(69-70(59)76(84)85-75(69)83)45-57(62(50)65(51)67)53-41-44-55(72(77)80)63(54)61(49)53/h37-48H,5-36H2,1-4H3. The van der Waals surface area contributed by atoms with Crippen LogP contribution in [-0.4, -0.2) is 45.5 Å². The van der Waals surface area contributed by atoms with Crippen molar-refractivity contribution in [1.82, 2.24) is 9.80 Å². The molecule has 3 heterocycles. The maximum absolute atomic E-state index is 15.5. The van der Waals surface area contributed by atoms with Crippen LogP contribution in [0.5, 0.6) is 0 Å². The summed E-state index contributed by atoms with van der Waals surface area (Å²) in [6.45, 7) is 8.94. The highest BCUT2D eigenvalue weighted by atomic mass is 16.4. The summed E-state index contributed by atoms with van der Waals surface area (Å²) in [5.41, 5.74) is 0.441. The van der Waals surface area contributed by atoms with E-state index in [1.807, 2.05) is 36.4 Å². The normalized spacial score (nSPS) is 14.1. The Labute approximate surface area is 500 Å². The molecule has 10 aromatic rings. The molecule has 85 heavy (non-hydrogen) atoms. The summed E-state index contributed by atoms with van der Waals surface area (Å²) in [6.07, 6.45) is 35.4. The number of rotatable bonds is 34. The SMILES string of the molecule is CCCCCCCCCC(CCCCCCCCC)N1C(=O)c2ccc3c4ccc5c6ccc7c8c(cc9c%10c(=O)oc(=O)c%10c%10cc(c%11ccc(c2c3%11)C1=O)c4c5c%10c9c86)C(=O)N(C(CCCCCCCCC)CCCCCCCCC)C7=O. The van der Waals surface area contributed by atoms with Crippen LogP contribution in [-0.2, 0) is 0 Å². The summed E-state index contributed by atoms with van der Waals surface area (Å²) < 4.78 is 5.60. The first-order valence-corrected chi connectivity index (χ1v) is 33.8. The van der Waals surface area contributed by atoms with Gasteiger partial charge in [0.2, 0.25) is 0 Å². The van der Waals surface area contributed by atoms with E-state index in [9.17, 15) is 9.59 Å². The van der Waals surface area contributed by atoms with Gasteiger partial charge in [-0.3, -0.25) is 29.0 Å². The Bertz CT molecular complexity index is 4140. The second kappa shape index (κ2) is 25.7. The van der Waals surface area contributed by atoms with Gasteiger partial charge in [-0.05, 0) is 131 Å². The molecule has 0 N–H and O–H groups in total. The average Bonchev–Trinajstić information content (AvgIpc) is 1.54. The van der Waals surface area contributed by atoms with E-state index in [0.717, 1.165) is 155 Å². The van der Waals surface area contributed by atoms with Crippen molar-refractivity contribution in [2.75, 3.05) is 0 Å². The number of hydrogen-bond acceptors (Lipinski definition) is 7. The summed E-state index contributed by atoms with van der Waals surface area (Å²) in [7, 11) is 0. The van der Waals surface area contributed by atoms with Crippen LogP contribution < -0.4 is 11.3 Å². The predicted octanol–water partition coefficient (Wildman–Crippen LogP) is 20.6. The molecule has 0 bridgehead atoms. The van der Waals surface area contributed by atoms with Crippen LogP contribution >= 0.6 is 0 Å². The molecule has 444 valence electrons. The van der Waals surface area contributed by atoms with Crippen molar-refractivity contribution in [1.29, 1.82) is 0 Å².